The van der Waals surface area contributed by atoms with Gasteiger partial charge in [-0.25, -0.2) is 0 Å². The summed E-state index contributed by atoms with van der Waals surface area (Å²) >= 11 is 0. The van der Waals surface area contributed by atoms with E-state index in [0.29, 0.717) is 31.1 Å². The van der Waals surface area contributed by atoms with Crippen molar-refractivity contribution in [1.29, 1.82) is 0 Å². The third-order valence-electron chi connectivity index (χ3n) is 2.26. The molecule has 0 unspecified atom stereocenters. The summed E-state index contributed by atoms with van der Waals surface area (Å²) in [5, 5.41) is 15.8. The van der Waals surface area contributed by atoms with Gasteiger partial charge in [-0.3, -0.25) is 0 Å². The maximum absolute atomic E-state index is 9.72. The Hall–Kier alpha value is -1.63. The van der Waals surface area contributed by atoms with Crippen molar-refractivity contribution in [3.63, 3.8) is 0 Å². The van der Waals surface area contributed by atoms with Crippen LogP contribution in [-0.2, 0) is 0 Å². The highest BCUT2D eigenvalue weighted by atomic mass is 16.5. The molecule has 7 nitrogen and oxygen atoms in total. The molecule has 1 aromatic heterocycles. The summed E-state index contributed by atoms with van der Waals surface area (Å²) in [6.07, 6.45) is 1.86. The minimum atomic E-state index is -0.839. The number of anilines is 2. The van der Waals surface area contributed by atoms with Crippen LogP contribution in [0, 0.1) is 0 Å². The van der Waals surface area contributed by atoms with Gasteiger partial charge >= 0.3 is 6.01 Å². The van der Waals surface area contributed by atoms with Gasteiger partial charge in [0.05, 0.1) is 12.2 Å². The van der Waals surface area contributed by atoms with E-state index in [0.717, 1.165) is 19.4 Å². The summed E-state index contributed by atoms with van der Waals surface area (Å²) in [6.45, 7) is 9.20. The molecule has 0 aliphatic rings. The van der Waals surface area contributed by atoms with Crippen LogP contribution in [0.25, 0.3) is 0 Å². The zero-order valence-electron chi connectivity index (χ0n) is 12.7. The van der Waals surface area contributed by atoms with E-state index in [1.54, 1.807) is 13.8 Å². The normalized spacial score (nSPS) is 11.2. The average Bonchev–Trinajstić information content (AvgIpc) is 2.40. The largest absolute Gasteiger partial charge is 0.463 e. The highest BCUT2D eigenvalue weighted by Crippen LogP contribution is 2.12. The van der Waals surface area contributed by atoms with Gasteiger partial charge in [0.2, 0.25) is 11.9 Å². The lowest BCUT2D eigenvalue weighted by atomic mass is 10.1. The molecule has 0 saturated heterocycles. The van der Waals surface area contributed by atoms with E-state index < -0.39 is 5.60 Å². The molecule has 0 atom stereocenters. The Kier molecular flexibility index (Phi) is 6.44. The lowest BCUT2D eigenvalue weighted by Crippen LogP contribution is -2.30. The summed E-state index contributed by atoms with van der Waals surface area (Å²) in [5.74, 6) is 0.873. The van der Waals surface area contributed by atoms with Crippen molar-refractivity contribution >= 4 is 11.9 Å². The Morgan fingerprint density at radius 1 is 1.05 bits per heavy atom. The van der Waals surface area contributed by atoms with Gasteiger partial charge in [0.25, 0.3) is 0 Å². The van der Waals surface area contributed by atoms with Crippen LogP contribution in [0.5, 0.6) is 6.01 Å². The molecule has 0 amide bonds. The van der Waals surface area contributed by atoms with E-state index in [4.69, 9.17) is 4.74 Å². The third kappa shape index (κ3) is 6.51. The minimum Gasteiger partial charge on any atom is -0.463 e. The molecule has 0 fully saturated rings. The predicted octanol–water partition coefficient (Wildman–Crippen LogP) is 1.67. The van der Waals surface area contributed by atoms with Crippen molar-refractivity contribution in [2.24, 2.45) is 0 Å². The highest BCUT2D eigenvalue weighted by Gasteiger charge is 2.14. The molecule has 1 rings (SSSR count). The predicted molar refractivity (Wildman–Crippen MR) is 79.2 cm³/mol. The SMILES string of the molecule is CCCNc1nc(NCC(C)(C)O)nc(OCCC)n1. The standard InChI is InChI=1S/C13H25N5O2/c1-5-7-14-10-16-11(15-9-13(3,4)19)18-12(17-10)20-8-6-2/h19H,5-9H2,1-4H3,(H2,14,15,16,17,18). The Bertz CT molecular complexity index is 380. The number of ether oxygens (including phenoxy) is 1. The Balaban J connectivity index is 2.79. The van der Waals surface area contributed by atoms with Gasteiger partial charge in [0.1, 0.15) is 0 Å². The Morgan fingerprint density at radius 2 is 1.70 bits per heavy atom. The van der Waals surface area contributed by atoms with Crippen LogP contribution in [0.3, 0.4) is 0 Å². The summed E-state index contributed by atoms with van der Waals surface area (Å²) in [7, 11) is 0. The molecular weight excluding hydrogens is 258 g/mol. The zero-order chi connectivity index (χ0) is 15.0. The number of nitrogens with one attached hydrogen (secondary N) is 2. The Morgan fingerprint density at radius 3 is 2.25 bits per heavy atom. The lowest BCUT2D eigenvalue weighted by Gasteiger charge is -2.18. The van der Waals surface area contributed by atoms with E-state index in [2.05, 4.69) is 32.5 Å². The number of aromatic nitrogens is 3. The van der Waals surface area contributed by atoms with Crippen LogP contribution in [0.1, 0.15) is 40.5 Å². The van der Waals surface area contributed by atoms with E-state index in [1.807, 2.05) is 6.92 Å². The van der Waals surface area contributed by atoms with E-state index in [-0.39, 0.29) is 0 Å². The van der Waals surface area contributed by atoms with E-state index >= 15 is 0 Å². The first kappa shape index (κ1) is 16.4. The molecule has 7 heteroatoms. The third-order valence-corrected chi connectivity index (χ3v) is 2.26. The van der Waals surface area contributed by atoms with Crippen LogP contribution in [0.4, 0.5) is 11.9 Å². The Labute approximate surface area is 120 Å². The molecule has 1 aromatic rings. The van der Waals surface area contributed by atoms with Crippen molar-refractivity contribution < 1.29 is 9.84 Å². The van der Waals surface area contributed by atoms with Crippen LogP contribution in [0.2, 0.25) is 0 Å². The van der Waals surface area contributed by atoms with Crippen LogP contribution in [-0.4, -0.2) is 45.4 Å². The number of hydrogen-bond acceptors (Lipinski definition) is 7. The summed E-state index contributed by atoms with van der Waals surface area (Å²) in [4.78, 5) is 12.6. The molecule has 0 bridgehead atoms. The second-order valence-corrected chi connectivity index (χ2v) is 5.21. The van der Waals surface area contributed by atoms with Crippen LogP contribution >= 0.6 is 0 Å². The molecule has 20 heavy (non-hydrogen) atoms. The van der Waals surface area contributed by atoms with Crippen molar-refractivity contribution in [2.75, 3.05) is 30.3 Å². The minimum absolute atomic E-state index is 0.290. The van der Waals surface area contributed by atoms with Gasteiger partial charge in [0.15, 0.2) is 0 Å². The molecule has 1 heterocycles. The quantitative estimate of drug-likeness (QED) is 0.634. The monoisotopic (exact) mass is 283 g/mol. The first-order valence-electron chi connectivity index (χ1n) is 7.03. The topological polar surface area (TPSA) is 92.2 Å². The molecule has 0 aromatic carbocycles. The smallest absolute Gasteiger partial charge is 0.323 e. The average molecular weight is 283 g/mol. The first-order valence-corrected chi connectivity index (χ1v) is 7.03. The van der Waals surface area contributed by atoms with Crippen molar-refractivity contribution in [1.82, 2.24) is 15.0 Å². The summed E-state index contributed by atoms with van der Waals surface area (Å²) < 4.78 is 5.44. The summed E-state index contributed by atoms with van der Waals surface area (Å²) in [6, 6.07) is 0.290. The number of aliphatic hydroxyl groups is 1. The second-order valence-electron chi connectivity index (χ2n) is 5.21. The van der Waals surface area contributed by atoms with Crippen molar-refractivity contribution in [3.05, 3.63) is 0 Å². The fourth-order valence-corrected chi connectivity index (χ4v) is 1.30. The number of rotatable bonds is 9. The number of nitrogens with zero attached hydrogens (tertiary/aromatic N) is 3. The zero-order valence-corrected chi connectivity index (χ0v) is 12.7. The molecule has 3 N–H and O–H groups in total. The first-order chi connectivity index (χ1) is 9.44. The molecule has 0 aliphatic carbocycles. The fourth-order valence-electron chi connectivity index (χ4n) is 1.30. The van der Waals surface area contributed by atoms with Gasteiger partial charge in [-0.1, -0.05) is 13.8 Å². The molecular formula is C13H25N5O2. The molecule has 0 radical (unpaired) electrons. The van der Waals surface area contributed by atoms with Crippen LogP contribution < -0.4 is 15.4 Å². The molecule has 0 saturated carbocycles. The van der Waals surface area contributed by atoms with E-state index in [9.17, 15) is 5.11 Å². The molecule has 0 spiro atoms. The molecule has 0 aliphatic heterocycles. The second kappa shape index (κ2) is 7.84. The summed E-state index contributed by atoms with van der Waals surface area (Å²) in [5.41, 5.74) is -0.839. The van der Waals surface area contributed by atoms with Gasteiger partial charge in [-0.15, -0.1) is 0 Å². The number of hydrogen-bond donors (Lipinski definition) is 3. The fraction of sp³-hybridized carbons (Fsp3) is 0.769. The van der Waals surface area contributed by atoms with Crippen molar-refractivity contribution in [2.45, 2.75) is 46.1 Å². The highest BCUT2D eigenvalue weighted by molar-refractivity contribution is 5.36. The van der Waals surface area contributed by atoms with Gasteiger partial charge in [-0.05, 0) is 26.7 Å². The van der Waals surface area contributed by atoms with Gasteiger partial charge in [0, 0.05) is 13.1 Å². The van der Waals surface area contributed by atoms with Gasteiger partial charge < -0.3 is 20.5 Å². The molecule has 114 valence electrons. The maximum atomic E-state index is 9.72. The lowest BCUT2D eigenvalue weighted by molar-refractivity contribution is 0.0943. The van der Waals surface area contributed by atoms with E-state index in [1.165, 1.54) is 0 Å². The van der Waals surface area contributed by atoms with Crippen molar-refractivity contribution in [3.8, 4) is 6.01 Å². The van der Waals surface area contributed by atoms with Crippen LogP contribution in [0.15, 0.2) is 0 Å². The van der Waals surface area contributed by atoms with Gasteiger partial charge in [-0.2, -0.15) is 15.0 Å². The maximum Gasteiger partial charge on any atom is 0.323 e.